The van der Waals surface area contributed by atoms with Crippen LogP contribution < -0.4 is 4.31 Å². The van der Waals surface area contributed by atoms with Crippen LogP contribution in [0.5, 0.6) is 0 Å². The molecule has 13 heteroatoms. The van der Waals surface area contributed by atoms with Gasteiger partial charge in [-0.2, -0.15) is 9.40 Å². The first-order valence-corrected chi connectivity index (χ1v) is 12.1. The Labute approximate surface area is 208 Å². The standard InChI is InChI=1S/C24H18F4N4O4S/c1-3-31-13-16(14-8-10-29-11-9-14)23(30-31)21-18(27)6-7-19(22(21)28)32(24(33)36-2)37(34,35)20-12-15(25)4-5-17(20)26/h4-13H,3H2,1-2H3. The summed E-state index contributed by atoms with van der Waals surface area (Å²) in [6.07, 6.45) is 2.82. The molecule has 0 saturated heterocycles. The summed E-state index contributed by atoms with van der Waals surface area (Å²) in [6, 6.07) is 6.08. The molecule has 4 aromatic rings. The van der Waals surface area contributed by atoms with Crippen LogP contribution in [0.25, 0.3) is 22.4 Å². The van der Waals surface area contributed by atoms with Gasteiger partial charge in [-0.3, -0.25) is 9.67 Å². The van der Waals surface area contributed by atoms with Crippen molar-refractivity contribution in [1.29, 1.82) is 0 Å². The maximum Gasteiger partial charge on any atom is 0.428 e. The predicted molar refractivity (Wildman–Crippen MR) is 125 cm³/mol. The lowest BCUT2D eigenvalue weighted by molar-refractivity contribution is 0.183. The fourth-order valence-corrected chi connectivity index (χ4v) is 5.05. The maximum absolute atomic E-state index is 16.0. The van der Waals surface area contributed by atoms with E-state index in [1.807, 2.05) is 0 Å². The van der Waals surface area contributed by atoms with E-state index in [2.05, 4.69) is 14.8 Å². The molecule has 37 heavy (non-hydrogen) atoms. The molecule has 2 aromatic carbocycles. The minimum Gasteiger partial charge on any atom is -0.452 e. The minimum absolute atomic E-state index is 0.191. The van der Waals surface area contributed by atoms with Gasteiger partial charge >= 0.3 is 6.09 Å². The zero-order valence-electron chi connectivity index (χ0n) is 19.3. The van der Waals surface area contributed by atoms with Crippen LogP contribution in [0.1, 0.15) is 6.92 Å². The Balaban J connectivity index is 1.98. The molecule has 2 aromatic heterocycles. The first kappa shape index (κ1) is 25.8. The van der Waals surface area contributed by atoms with Gasteiger partial charge in [0.1, 0.15) is 33.7 Å². The molecule has 0 atom stereocenters. The number of amides is 1. The molecule has 192 valence electrons. The molecule has 0 N–H and O–H groups in total. The molecule has 2 heterocycles. The number of hydrogen-bond donors (Lipinski definition) is 0. The van der Waals surface area contributed by atoms with E-state index in [9.17, 15) is 22.0 Å². The number of nitrogens with zero attached hydrogens (tertiary/aromatic N) is 4. The largest absolute Gasteiger partial charge is 0.452 e. The number of ether oxygens (including phenoxy) is 1. The number of sulfonamides is 1. The quantitative estimate of drug-likeness (QED) is 0.318. The lowest BCUT2D eigenvalue weighted by atomic mass is 10.0. The lowest BCUT2D eigenvalue weighted by Crippen LogP contribution is -2.38. The summed E-state index contributed by atoms with van der Waals surface area (Å²) in [6.45, 7) is 2.08. The van der Waals surface area contributed by atoms with E-state index >= 15 is 8.78 Å². The van der Waals surface area contributed by atoms with Crippen LogP contribution in [0, 0.1) is 23.3 Å². The molecular formula is C24H18F4N4O4S. The van der Waals surface area contributed by atoms with Crippen molar-refractivity contribution in [3.05, 3.63) is 84.3 Å². The number of aryl methyl sites for hydroxylation is 1. The Morgan fingerprint density at radius 1 is 1.03 bits per heavy atom. The van der Waals surface area contributed by atoms with Crippen molar-refractivity contribution in [3.8, 4) is 22.4 Å². The van der Waals surface area contributed by atoms with Crippen LogP contribution >= 0.6 is 0 Å². The highest BCUT2D eigenvalue weighted by atomic mass is 32.2. The number of halogens is 4. The molecule has 0 aliphatic carbocycles. The van der Waals surface area contributed by atoms with Crippen molar-refractivity contribution >= 4 is 21.8 Å². The second kappa shape index (κ2) is 10.0. The number of hydrogen-bond acceptors (Lipinski definition) is 6. The second-order valence-electron chi connectivity index (χ2n) is 7.55. The van der Waals surface area contributed by atoms with Crippen molar-refractivity contribution in [1.82, 2.24) is 14.8 Å². The number of carbonyl (C=O) groups is 1. The number of benzene rings is 2. The Kier molecular flexibility index (Phi) is 6.99. The van der Waals surface area contributed by atoms with E-state index < -0.39 is 55.5 Å². The van der Waals surface area contributed by atoms with Gasteiger partial charge in [0.15, 0.2) is 5.82 Å². The fourth-order valence-electron chi connectivity index (χ4n) is 3.61. The second-order valence-corrected chi connectivity index (χ2v) is 9.31. The molecule has 4 rings (SSSR count). The third-order valence-electron chi connectivity index (χ3n) is 5.36. The van der Waals surface area contributed by atoms with Crippen LogP contribution in [0.4, 0.5) is 28.0 Å². The first-order valence-electron chi connectivity index (χ1n) is 10.6. The maximum atomic E-state index is 16.0. The number of aromatic nitrogens is 3. The lowest BCUT2D eigenvalue weighted by Gasteiger charge is -2.23. The monoisotopic (exact) mass is 534 g/mol. The van der Waals surface area contributed by atoms with E-state index in [0.29, 0.717) is 41.9 Å². The molecule has 0 saturated carbocycles. The highest BCUT2D eigenvalue weighted by Gasteiger charge is 2.38. The van der Waals surface area contributed by atoms with E-state index in [-0.39, 0.29) is 10.00 Å². The molecule has 0 bridgehead atoms. The molecule has 0 aliphatic heterocycles. The van der Waals surface area contributed by atoms with Crippen molar-refractivity contribution < 1.29 is 35.5 Å². The fraction of sp³-hybridized carbons (Fsp3) is 0.125. The van der Waals surface area contributed by atoms with Crippen LogP contribution in [-0.4, -0.2) is 36.4 Å². The highest BCUT2D eigenvalue weighted by molar-refractivity contribution is 7.93. The predicted octanol–water partition coefficient (Wildman–Crippen LogP) is 5.15. The Hall–Kier alpha value is -4.26. The molecule has 0 unspecified atom stereocenters. The topological polar surface area (TPSA) is 94.4 Å². The molecule has 1 amide bonds. The zero-order valence-corrected chi connectivity index (χ0v) is 20.1. The normalized spacial score (nSPS) is 11.4. The van der Waals surface area contributed by atoms with Crippen molar-refractivity contribution in [2.45, 2.75) is 18.4 Å². The van der Waals surface area contributed by atoms with Crippen LogP contribution in [0.15, 0.2) is 66.0 Å². The number of pyridine rings is 1. The summed E-state index contributed by atoms with van der Waals surface area (Å²) in [7, 11) is -4.46. The van der Waals surface area contributed by atoms with E-state index in [0.717, 1.165) is 13.2 Å². The Morgan fingerprint density at radius 2 is 1.70 bits per heavy atom. The number of anilines is 1. The van der Waals surface area contributed by atoms with Crippen LogP contribution in [-0.2, 0) is 21.3 Å². The first-order chi connectivity index (χ1) is 17.6. The van der Waals surface area contributed by atoms with Crippen LogP contribution in [0.2, 0.25) is 0 Å². The zero-order chi connectivity index (χ0) is 26.9. The van der Waals surface area contributed by atoms with Gasteiger partial charge in [-0.05, 0) is 55.0 Å². The van der Waals surface area contributed by atoms with Crippen molar-refractivity contribution in [2.24, 2.45) is 0 Å². The summed E-state index contributed by atoms with van der Waals surface area (Å²) in [5.74, 6) is -5.14. The van der Waals surface area contributed by atoms with Gasteiger partial charge in [0.25, 0.3) is 10.0 Å². The number of carbonyl (C=O) groups excluding carboxylic acids is 1. The van der Waals surface area contributed by atoms with Crippen molar-refractivity contribution in [2.75, 3.05) is 11.4 Å². The number of rotatable bonds is 6. The summed E-state index contributed by atoms with van der Waals surface area (Å²) in [5, 5.41) is 4.23. The summed E-state index contributed by atoms with van der Waals surface area (Å²) in [5.41, 5.74) is -1.13. The van der Waals surface area contributed by atoms with E-state index in [1.54, 1.807) is 19.1 Å². The summed E-state index contributed by atoms with van der Waals surface area (Å²) in [4.78, 5) is 15.2. The van der Waals surface area contributed by atoms with Gasteiger partial charge < -0.3 is 4.74 Å². The average molecular weight is 534 g/mol. The summed E-state index contributed by atoms with van der Waals surface area (Å²) >= 11 is 0. The third kappa shape index (κ3) is 4.65. The number of methoxy groups -OCH3 is 1. The van der Waals surface area contributed by atoms with Crippen LogP contribution in [0.3, 0.4) is 0 Å². The molecule has 0 radical (unpaired) electrons. The Bertz CT molecular complexity index is 1590. The SMILES string of the molecule is CCn1cc(-c2ccncc2)c(-c2c(F)ccc(N(C(=O)OC)S(=O)(=O)c3cc(F)ccc3F)c2F)n1. The highest BCUT2D eigenvalue weighted by Crippen LogP contribution is 2.39. The van der Waals surface area contributed by atoms with Gasteiger partial charge in [0, 0.05) is 30.7 Å². The van der Waals surface area contributed by atoms with Gasteiger partial charge in [-0.25, -0.2) is 30.8 Å². The van der Waals surface area contributed by atoms with Gasteiger partial charge in [-0.1, -0.05) is 0 Å². The third-order valence-corrected chi connectivity index (χ3v) is 7.05. The molecular weight excluding hydrogens is 516 g/mol. The van der Waals surface area contributed by atoms with Gasteiger partial charge in [0.2, 0.25) is 0 Å². The molecule has 8 nitrogen and oxygen atoms in total. The van der Waals surface area contributed by atoms with Gasteiger partial charge in [-0.15, -0.1) is 0 Å². The minimum atomic E-state index is -5.27. The smallest absolute Gasteiger partial charge is 0.428 e. The van der Waals surface area contributed by atoms with E-state index in [1.165, 1.54) is 23.3 Å². The average Bonchev–Trinajstić information content (AvgIpc) is 3.31. The summed E-state index contributed by atoms with van der Waals surface area (Å²) < 4.78 is 91.5. The van der Waals surface area contributed by atoms with E-state index in [4.69, 9.17) is 0 Å². The molecule has 0 aliphatic rings. The Morgan fingerprint density at radius 3 is 2.35 bits per heavy atom. The molecule has 0 fully saturated rings. The molecule has 0 spiro atoms. The van der Waals surface area contributed by atoms with Gasteiger partial charge in [0.05, 0.1) is 12.7 Å². The van der Waals surface area contributed by atoms with Crippen molar-refractivity contribution in [3.63, 3.8) is 0 Å².